The Morgan fingerprint density at radius 3 is 2.71 bits per heavy atom. The summed E-state index contributed by atoms with van der Waals surface area (Å²) in [5, 5.41) is 12.3. The first-order valence-electron chi connectivity index (χ1n) is 10.8. The molecular weight excluding hydrogens is 496 g/mol. The molecule has 35 heavy (non-hydrogen) atoms. The lowest BCUT2D eigenvalue weighted by Gasteiger charge is -2.18. The second kappa shape index (κ2) is 10.5. The van der Waals surface area contributed by atoms with Gasteiger partial charge in [-0.05, 0) is 43.2 Å². The Kier molecular flexibility index (Phi) is 7.45. The Balaban J connectivity index is 1.63. The maximum absolute atomic E-state index is 14.0. The van der Waals surface area contributed by atoms with Crippen molar-refractivity contribution in [3.8, 4) is 16.9 Å². The number of hydrogen-bond acceptors (Lipinski definition) is 6. The molecule has 1 atom stereocenters. The van der Waals surface area contributed by atoms with Crippen molar-refractivity contribution >= 4 is 45.9 Å². The summed E-state index contributed by atoms with van der Waals surface area (Å²) in [5.74, 6) is -0.575. The van der Waals surface area contributed by atoms with E-state index in [1.54, 1.807) is 43.6 Å². The van der Waals surface area contributed by atoms with Crippen molar-refractivity contribution in [1.82, 2.24) is 10.3 Å². The van der Waals surface area contributed by atoms with Gasteiger partial charge in [0.1, 0.15) is 11.9 Å². The molecule has 10 heteroatoms. The number of amides is 1. The summed E-state index contributed by atoms with van der Waals surface area (Å²) in [6.07, 6.45) is 2.85. The molecule has 0 spiro atoms. The van der Waals surface area contributed by atoms with Crippen LogP contribution in [0.3, 0.4) is 0 Å². The Bertz CT molecular complexity index is 1380. The van der Waals surface area contributed by atoms with Crippen LogP contribution in [0.2, 0.25) is 10.0 Å². The number of benzene rings is 2. The molecule has 0 aliphatic carbocycles. The van der Waals surface area contributed by atoms with Gasteiger partial charge < -0.3 is 25.3 Å². The van der Waals surface area contributed by atoms with Gasteiger partial charge >= 0.3 is 0 Å². The molecule has 0 fully saturated rings. The largest absolute Gasteiger partial charge is 0.478 e. The lowest BCUT2D eigenvalue weighted by Crippen LogP contribution is -2.24. The fourth-order valence-electron chi connectivity index (χ4n) is 3.65. The number of ether oxygens (including phenoxy) is 1. The number of pyridine rings is 1. The molecule has 0 saturated carbocycles. The van der Waals surface area contributed by atoms with Crippen molar-refractivity contribution in [3.05, 3.63) is 75.8 Å². The van der Waals surface area contributed by atoms with Crippen LogP contribution in [0.25, 0.3) is 22.1 Å². The fraction of sp³-hybridized carbons (Fsp3) is 0.200. The quantitative estimate of drug-likeness (QED) is 0.202. The van der Waals surface area contributed by atoms with Gasteiger partial charge in [-0.1, -0.05) is 35.3 Å². The highest BCUT2D eigenvalue weighted by atomic mass is 35.5. The first kappa shape index (κ1) is 24.8. The van der Waals surface area contributed by atoms with Gasteiger partial charge in [0.25, 0.3) is 5.91 Å². The third-order valence-corrected chi connectivity index (χ3v) is 6.17. The third-order valence-electron chi connectivity index (χ3n) is 5.46. The van der Waals surface area contributed by atoms with Crippen molar-refractivity contribution in [1.29, 1.82) is 0 Å². The zero-order valence-electron chi connectivity index (χ0n) is 18.6. The van der Waals surface area contributed by atoms with Gasteiger partial charge in [0.05, 0.1) is 16.7 Å². The average molecular weight is 518 g/mol. The van der Waals surface area contributed by atoms with Gasteiger partial charge in [0, 0.05) is 41.1 Å². The normalized spacial score (nSPS) is 12.0. The number of aromatic nitrogens is 1. The number of furan rings is 1. The molecule has 0 saturated heterocycles. The number of nitrogens with one attached hydrogen (secondary N) is 1. The maximum Gasteiger partial charge on any atom is 0.251 e. The number of halogens is 3. The highest BCUT2D eigenvalue weighted by molar-refractivity contribution is 6.36. The summed E-state index contributed by atoms with van der Waals surface area (Å²) in [6.45, 7) is 2.07. The molecule has 2 aromatic heterocycles. The van der Waals surface area contributed by atoms with E-state index in [1.807, 2.05) is 0 Å². The Morgan fingerprint density at radius 2 is 2.00 bits per heavy atom. The lowest BCUT2D eigenvalue weighted by atomic mass is 10.0. The molecule has 1 unspecified atom stereocenters. The predicted octanol–water partition coefficient (Wildman–Crippen LogP) is 5.78. The monoisotopic (exact) mass is 517 g/mol. The molecule has 0 aliphatic heterocycles. The van der Waals surface area contributed by atoms with E-state index >= 15 is 0 Å². The van der Waals surface area contributed by atoms with Gasteiger partial charge in [0.15, 0.2) is 11.4 Å². The SMILES string of the molecule is CC(Oc1c(N)ncc2c(-c3ccc(C(=O)NCCCO)cc3)coc12)c1c(Cl)ccc(F)c1Cl. The van der Waals surface area contributed by atoms with E-state index in [0.717, 1.165) is 11.1 Å². The molecule has 2 heterocycles. The molecule has 0 radical (unpaired) electrons. The molecule has 4 N–H and O–H groups in total. The number of hydrogen-bond donors (Lipinski definition) is 3. The molecule has 2 aromatic carbocycles. The number of nitrogens with two attached hydrogens (primary N) is 1. The zero-order valence-corrected chi connectivity index (χ0v) is 20.2. The van der Waals surface area contributed by atoms with Crippen molar-refractivity contribution in [2.45, 2.75) is 19.4 Å². The van der Waals surface area contributed by atoms with Crippen LogP contribution in [0.15, 0.2) is 53.3 Å². The predicted molar refractivity (Wildman–Crippen MR) is 133 cm³/mol. The maximum atomic E-state index is 14.0. The van der Waals surface area contributed by atoms with Crippen LogP contribution in [0, 0.1) is 5.82 Å². The van der Waals surface area contributed by atoms with Crippen LogP contribution < -0.4 is 15.8 Å². The van der Waals surface area contributed by atoms with E-state index in [-0.39, 0.29) is 39.7 Å². The average Bonchev–Trinajstić information content (AvgIpc) is 3.28. The minimum Gasteiger partial charge on any atom is -0.478 e. The van der Waals surface area contributed by atoms with Gasteiger partial charge in [-0.3, -0.25) is 4.79 Å². The molecule has 0 bridgehead atoms. The van der Waals surface area contributed by atoms with Gasteiger partial charge in [-0.25, -0.2) is 9.37 Å². The highest BCUT2D eigenvalue weighted by Crippen LogP contribution is 2.41. The van der Waals surface area contributed by atoms with E-state index in [1.165, 1.54) is 12.1 Å². The van der Waals surface area contributed by atoms with Crippen LogP contribution in [0.1, 0.15) is 35.4 Å². The minimum atomic E-state index is -0.752. The van der Waals surface area contributed by atoms with Crippen molar-refractivity contribution in [3.63, 3.8) is 0 Å². The number of carbonyl (C=O) groups is 1. The fourth-order valence-corrected chi connectivity index (χ4v) is 4.33. The van der Waals surface area contributed by atoms with Crippen LogP contribution in [-0.2, 0) is 0 Å². The van der Waals surface area contributed by atoms with E-state index in [9.17, 15) is 9.18 Å². The van der Waals surface area contributed by atoms with Crippen molar-refractivity contribution in [2.75, 3.05) is 18.9 Å². The smallest absolute Gasteiger partial charge is 0.251 e. The number of anilines is 1. The summed E-state index contributed by atoms with van der Waals surface area (Å²) in [4.78, 5) is 16.4. The topological polar surface area (TPSA) is 111 Å². The first-order chi connectivity index (χ1) is 16.8. The Morgan fingerprint density at radius 1 is 1.26 bits per heavy atom. The van der Waals surface area contributed by atoms with Crippen molar-refractivity contribution in [2.24, 2.45) is 0 Å². The van der Waals surface area contributed by atoms with Crippen LogP contribution in [-0.4, -0.2) is 29.1 Å². The number of nitrogen functional groups attached to an aromatic ring is 1. The van der Waals surface area contributed by atoms with E-state index in [0.29, 0.717) is 29.5 Å². The lowest BCUT2D eigenvalue weighted by molar-refractivity contribution is 0.0951. The summed E-state index contributed by atoms with van der Waals surface area (Å²) in [6, 6.07) is 9.55. The molecule has 4 rings (SSSR count). The van der Waals surface area contributed by atoms with Gasteiger partial charge in [-0.2, -0.15) is 0 Å². The van der Waals surface area contributed by atoms with Crippen LogP contribution in [0.4, 0.5) is 10.2 Å². The molecule has 182 valence electrons. The van der Waals surface area contributed by atoms with Gasteiger partial charge in [0.2, 0.25) is 5.75 Å². The highest BCUT2D eigenvalue weighted by Gasteiger charge is 2.23. The number of carbonyl (C=O) groups excluding carboxylic acids is 1. The summed E-state index contributed by atoms with van der Waals surface area (Å²) >= 11 is 12.4. The summed E-state index contributed by atoms with van der Waals surface area (Å²) in [7, 11) is 0. The van der Waals surface area contributed by atoms with E-state index in [2.05, 4.69) is 10.3 Å². The molecule has 1 amide bonds. The number of nitrogens with zero attached hydrogens (tertiary/aromatic N) is 1. The van der Waals surface area contributed by atoms with Gasteiger partial charge in [-0.15, -0.1) is 0 Å². The first-order valence-corrected chi connectivity index (χ1v) is 11.5. The summed E-state index contributed by atoms with van der Waals surface area (Å²) < 4.78 is 25.8. The Labute approximate surface area is 210 Å². The number of rotatable bonds is 8. The van der Waals surface area contributed by atoms with E-state index in [4.69, 9.17) is 43.2 Å². The molecule has 4 aromatic rings. The van der Waals surface area contributed by atoms with Crippen LogP contribution >= 0.6 is 23.2 Å². The third kappa shape index (κ3) is 5.05. The van der Waals surface area contributed by atoms with Crippen LogP contribution in [0.5, 0.6) is 5.75 Å². The number of aliphatic hydroxyl groups excluding tert-OH is 1. The molecule has 7 nitrogen and oxygen atoms in total. The number of fused-ring (bicyclic) bond motifs is 1. The van der Waals surface area contributed by atoms with Crippen molar-refractivity contribution < 1.29 is 23.4 Å². The standard InChI is InChI=1S/C25H22Cl2FN3O4/c1-13(20-18(26)7-8-19(28)21(20)27)35-23-22-16(11-31-24(23)29)17(12-34-22)14-3-5-15(6-4-14)25(33)30-9-2-10-32/h3-8,11-13,32H,2,9-10H2,1H3,(H2,29,31)(H,30,33). The second-order valence-electron chi connectivity index (χ2n) is 7.79. The Hall–Kier alpha value is -3.33. The molecular formula is C25H22Cl2FN3O4. The molecule has 0 aliphatic rings. The second-order valence-corrected chi connectivity index (χ2v) is 8.58. The zero-order chi connectivity index (χ0) is 25.1. The number of aliphatic hydroxyl groups is 1. The van der Waals surface area contributed by atoms with E-state index < -0.39 is 11.9 Å². The minimum absolute atomic E-state index is 0.0120. The summed E-state index contributed by atoms with van der Waals surface area (Å²) in [5.41, 5.74) is 8.71.